The van der Waals surface area contributed by atoms with Crippen LogP contribution in [-0.2, 0) is 11.2 Å². The monoisotopic (exact) mass is 391 g/mol. The zero-order valence-electron chi connectivity index (χ0n) is 16.2. The molecule has 0 aliphatic heterocycles. The second kappa shape index (κ2) is 7.56. The zero-order chi connectivity index (χ0) is 20.5. The molecule has 0 radical (unpaired) electrons. The van der Waals surface area contributed by atoms with Gasteiger partial charge < -0.3 is 19.3 Å². The van der Waals surface area contributed by atoms with Gasteiger partial charge in [-0.3, -0.25) is 4.79 Å². The number of hydrogen-bond donors (Lipinski definition) is 2. The molecule has 0 bridgehead atoms. The maximum Gasteiger partial charge on any atom is 0.340 e. The van der Waals surface area contributed by atoms with Crippen molar-refractivity contribution < 1.29 is 18.7 Å². The van der Waals surface area contributed by atoms with Gasteiger partial charge in [0.1, 0.15) is 11.2 Å². The van der Waals surface area contributed by atoms with Crippen LogP contribution >= 0.6 is 0 Å². The molecule has 4 aromatic rings. The number of benzene rings is 2. The number of fused-ring (bicyclic) bond motifs is 2. The van der Waals surface area contributed by atoms with Crippen LogP contribution in [0.25, 0.3) is 33.1 Å². The van der Waals surface area contributed by atoms with Crippen LogP contribution in [0.5, 0.6) is 0 Å². The summed E-state index contributed by atoms with van der Waals surface area (Å²) in [5.74, 6) is -0.337. The van der Waals surface area contributed by atoms with Gasteiger partial charge in [0.2, 0.25) is 5.91 Å². The molecule has 0 spiro atoms. The number of rotatable bonds is 5. The van der Waals surface area contributed by atoms with Gasteiger partial charge in [0, 0.05) is 28.4 Å². The summed E-state index contributed by atoms with van der Waals surface area (Å²) in [6.07, 6.45) is 1.58. The van der Waals surface area contributed by atoms with Crippen molar-refractivity contribution in [2.75, 3.05) is 6.61 Å². The molecule has 148 valence electrons. The predicted octanol–water partition coefficient (Wildman–Crippen LogP) is 3.55. The minimum atomic E-state index is -0.545. The molecular formula is C23H21NO5. The van der Waals surface area contributed by atoms with Crippen LogP contribution < -0.4 is 10.9 Å². The van der Waals surface area contributed by atoms with E-state index in [0.717, 1.165) is 21.9 Å². The number of aliphatic hydroxyl groups excluding tert-OH is 1. The Morgan fingerprint density at radius 3 is 2.62 bits per heavy atom. The summed E-state index contributed by atoms with van der Waals surface area (Å²) in [5.41, 5.74) is 3.48. The molecular weight excluding hydrogens is 370 g/mol. The maximum absolute atomic E-state index is 12.5. The first kappa shape index (κ1) is 19.0. The molecule has 6 nitrogen and oxygen atoms in total. The highest BCUT2D eigenvalue weighted by atomic mass is 16.4. The van der Waals surface area contributed by atoms with Gasteiger partial charge in [0.05, 0.1) is 24.9 Å². The Bertz CT molecular complexity index is 1250. The Morgan fingerprint density at radius 2 is 1.90 bits per heavy atom. The topological polar surface area (TPSA) is 92.7 Å². The van der Waals surface area contributed by atoms with Crippen LogP contribution in [0.3, 0.4) is 0 Å². The molecule has 0 saturated heterocycles. The molecule has 2 aromatic heterocycles. The molecule has 6 heteroatoms. The quantitative estimate of drug-likeness (QED) is 0.508. The predicted molar refractivity (Wildman–Crippen MR) is 111 cm³/mol. The van der Waals surface area contributed by atoms with E-state index in [2.05, 4.69) is 5.32 Å². The molecule has 2 N–H and O–H groups in total. The van der Waals surface area contributed by atoms with Crippen molar-refractivity contribution in [3.8, 4) is 11.1 Å². The normalized spacial score (nSPS) is 12.4. The highest BCUT2D eigenvalue weighted by molar-refractivity contribution is 6.02. The van der Waals surface area contributed by atoms with Crippen molar-refractivity contribution >= 4 is 27.8 Å². The molecule has 0 aliphatic carbocycles. The summed E-state index contributed by atoms with van der Waals surface area (Å²) in [5, 5.41) is 13.4. The van der Waals surface area contributed by atoms with Crippen LogP contribution in [0.1, 0.15) is 18.1 Å². The Labute approximate surface area is 166 Å². The number of carbonyl (C=O) groups excluding carboxylic acids is 1. The first-order chi connectivity index (χ1) is 14.0. The molecule has 1 unspecified atom stereocenters. The maximum atomic E-state index is 12.5. The number of hydrogen-bond acceptors (Lipinski definition) is 5. The van der Waals surface area contributed by atoms with Crippen molar-refractivity contribution in [2.45, 2.75) is 26.3 Å². The van der Waals surface area contributed by atoms with E-state index in [1.54, 1.807) is 19.3 Å². The molecule has 2 aromatic carbocycles. The van der Waals surface area contributed by atoms with E-state index in [1.165, 1.54) is 0 Å². The number of aryl methyl sites for hydroxylation is 1. The van der Waals surface area contributed by atoms with E-state index in [1.807, 2.05) is 43.3 Å². The average Bonchev–Trinajstić information content (AvgIpc) is 3.13. The van der Waals surface area contributed by atoms with E-state index in [0.29, 0.717) is 22.3 Å². The fraction of sp³-hybridized carbons (Fsp3) is 0.217. The Morgan fingerprint density at radius 1 is 1.14 bits per heavy atom. The van der Waals surface area contributed by atoms with E-state index >= 15 is 0 Å². The first-order valence-electron chi connectivity index (χ1n) is 9.41. The van der Waals surface area contributed by atoms with Gasteiger partial charge in [-0.15, -0.1) is 0 Å². The van der Waals surface area contributed by atoms with Crippen LogP contribution in [0.15, 0.2) is 62.4 Å². The van der Waals surface area contributed by atoms with Crippen molar-refractivity contribution in [1.29, 1.82) is 0 Å². The molecule has 0 fully saturated rings. The Hall–Kier alpha value is -3.38. The van der Waals surface area contributed by atoms with Crippen molar-refractivity contribution in [2.24, 2.45) is 0 Å². The summed E-state index contributed by atoms with van der Waals surface area (Å²) >= 11 is 0. The van der Waals surface area contributed by atoms with Gasteiger partial charge in [-0.2, -0.15) is 0 Å². The number of aliphatic hydroxyl groups is 1. The lowest BCUT2D eigenvalue weighted by atomic mass is 9.99. The van der Waals surface area contributed by atoms with Gasteiger partial charge in [-0.25, -0.2) is 4.79 Å². The SMILES string of the molecule is Cc1c(CC(=O)NC(C)CO)c(=O)oc2cc3occ(-c4ccccc4)c3cc12. The van der Waals surface area contributed by atoms with Gasteiger partial charge in [-0.1, -0.05) is 30.3 Å². The number of carbonyl (C=O) groups is 1. The number of furan rings is 1. The van der Waals surface area contributed by atoms with Gasteiger partial charge in [0.15, 0.2) is 0 Å². The molecule has 0 aliphatic rings. The molecule has 1 amide bonds. The lowest BCUT2D eigenvalue weighted by Gasteiger charge is -2.12. The highest BCUT2D eigenvalue weighted by Crippen LogP contribution is 2.34. The number of amides is 1. The lowest BCUT2D eigenvalue weighted by Crippen LogP contribution is -2.37. The minimum Gasteiger partial charge on any atom is -0.464 e. The van der Waals surface area contributed by atoms with E-state index in [4.69, 9.17) is 13.9 Å². The van der Waals surface area contributed by atoms with Crippen molar-refractivity contribution in [3.05, 3.63) is 70.3 Å². The fourth-order valence-electron chi connectivity index (χ4n) is 3.49. The van der Waals surface area contributed by atoms with E-state index < -0.39 is 5.63 Å². The first-order valence-corrected chi connectivity index (χ1v) is 9.41. The standard InChI is InChI=1S/C23H21NO5/c1-13(11-25)24-22(26)9-17-14(2)16-8-18-19(15-6-4-3-5-7-15)12-28-20(18)10-21(16)29-23(17)27/h3-8,10,12-13,25H,9,11H2,1-2H3,(H,24,26). The van der Waals surface area contributed by atoms with E-state index in [-0.39, 0.29) is 25.0 Å². The minimum absolute atomic E-state index is 0.108. The highest BCUT2D eigenvalue weighted by Gasteiger charge is 2.18. The van der Waals surface area contributed by atoms with Crippen LogP contribution in [0, 0.1) is 6.92 Å². The smallest absolute Gasteiger partial charge is 0.340 e. The average molecular weight is 391 g/mol. The van der Waals surface area contributed by atoms with Crippen LogP contribution in [0.2, 0.25) is 0 Å². The Balaban J connectivity index is 1.82. The van der Waals surface area contributed by atoms with Gasteiger partial charge in [-0.05, 0) is 31.0 Å². The second-order valence-corrected chi connectivity index (χ2v) is 7.18. The molecule has 0 saturated carbocycles. The molecule has 4 rings (SSSR count). The molecule has 29 heavy (non-hydrogen) atoms. The zero-order valence-corrected chi connectivity index (χ0v) is 16.2. The summed E-state index contributed by atoms with van der Waals surface area (Å²) in [7, 11) is 0. The third kappa shape index (κ3) is 3.54. The largest absolute Gasteiger partial charge is 0.464 e. The van der Waals surface area contributed by atoms with Crippen molar-refractivity contribution in [3.63, 3.8) is 0 Å². The second-order valence-electron chi connectivity index (χ2n) is 7.18. The molecule has 2 heterocycles. The van der Waals surface area contributed by atoms with Gasteiger partial charge in [0.25, 0.3) is 0 Å². The third-order valence-electron chi connectivity index (χ3n) is 5.08. The summed E-state index contributed by atoms with van der Waals surface area (Å²) in [6.45, 7) is 3.33. The van der Waals surface area contributed by atoms with E-state index in [9.17, 15) is 9.59 Å². The number of nitrogens with one attached hydrogen (secondary N) is 1. The summed E-state index contributed by atoms with van der Waals surface area (Å²) in [4.78, 5) is 24.7. The van der Waals surface area contributed by atoms with Gasteiger partial charge >= 0.3 is 5.63 Å². The third-order valence-corrected chi connectivity index (χ3v) is 5.08. The van der Waals surface area contributed by atoms with Crippen LogP contribution in [0.4, 0.5) is 0 Å². The fourth-order valence-corrected chi connectivity index (χ4v) is 3.49. The van der Waals surface area contributed by atoms with Crippen LogP contribution in [-0.4, -0.2) is 23.7 Å². The Kier molecular flexibility index (Phi) is 4.94. The lowest BCUT2D eigenvalue weighted by molar-refractivity contribution is -0.121. The molecule has 1 atom stereocenters. The van der Waals surface area contributed by atoms with Crippen molar-refractivity contribution in [1.82, 2.24) is 5.32 Å². The summed E-state index contributed by atoms with van der Waals surface area (Å²) < 4.78 is 11.2. The summed E-state index contributed by atoms with van der Waals surface area (Å²) in [6, 6.07) is 13.2.